The highest BCUT2D eigenvalue weighted by Gasteiger charge is 2.42. The van der Waals surface area contributed by atoms with E-state index < -0.39 is 6.23 Å². The van der Waals surface area contributed by atoms with Crippen molar-refractivity contribution in [2.75, 3.05) is 7.11 Å². The van der Waals surface area contributed by atoms with Crippen LogP contribution in [0.4, 0.5) is 0 Å². The van der Waals surface area contributed by atoms with Crippen LogP contribution in [0.15, 0.2) is 72.1 Å². The van der Waals surface area contributed by atoms with Gasteiger partial charge in [0.2, 0.25) is 6.23 Å². The molecule has 0 spiro atoms. The van der Waals surface area contributed by atoms with E-state index in [0.717, 1.165) is 34.6 Å². The van der Waals surface area contributed by atoms with Crippen LogP contribution in [0.25, 0.3) is 0 Å². The van der Waals surface area contributed by atoms with Gasteiger partial charge in [0.25, 0.3) is 0 Å². The normalized spacial score (nSPS) is 20.1. The van der Waals surface area contributed by atoms with Crippen LogP contribution in [0.5, 0.6) is 11.5 Å². The molecular weight excluding hydrogens is 374 g/mol. The van der Waals surface area contributed by atoms with Gasteiger partial charge in [-0.15, -0.1) is 0 Å². The number of benzene rings is 2. The van der Waals surface area contributed by atoms with Crippen LogP contribution in [-0.2, 0) is 0 Å². The molecule has 0 saturated heterocycles. The lowest BCUT2D eigenvalue weighted by atomic mass is 9.96. The number of pyridine rings is 1. The Balaban J connectivity index is 1.65. The summed E-state index contributed by atoms with van der Waals surface area (Å²) >= 11 is 6.51. The van der Waals surface area contributed by atoms with E-state index in [1.54, 1.807) is 13.3 Å². The number of nitrogens with zero attached hydrogens (tertiary/aromatic N) is 3. The van der Waals surface area contributed by atoms with Gasteiger partial charge in [-0.2, -0.15) is 5.10 Å². The molecule has 6 heteroatoms. The molecule has 2 aromatic carbocycles. The highest BCUT2D eigenvalue weighted by Crippen LogP contribution is 2.51. The molecule has 5 nitrogen and oxygen atoms in total. The van der Waals surface area contributed by atoms with Gasteiger partial charge in [0, 0.05) is 40.5 Å². The van der Waals surface area contributed by atoms with Crippen molar-refractivity contribution >= 4 is 17.3 Å². The lowest BCUT2D eigenvalue weighted by molar-refractivity contribution is -0.0208. The van der Waals surface area contributed by atoms with Crippen LogP contribution >= 0.6 is 11.6 Å². The Morgan fingerprint density at radius 3 is 2.71 bits per heavy atom. The second-order valence-corrected chi connectivity index (χ2v) is 7.17. The number of para-hydroxylation sites is 1. The maximum Gasteiger partial charge on any atom is 0.215 e. The molecule has 0 amide bonds. The molecule has 0 fully saturated rings. The molecule has 28 heavy (non-hydrogen) atoms. The molecule has 5 rings (SSSR count). The number of hydrogen-bond acceptors (Lipinski definition) is 5. The van der Waals surface area contributed by atoms with E-state index in [1.165, 1.54) is 0 Å². The first-order chi connectivity index (χ1) is 13.8. The lowest BCUT2D eigenvalue weighted by Gasteiger charge is -2.38. The van der Waals surface area contributed by atoms with E-state index in [4.69, 9.17) is 26.2 Å². The average molecular weight is 392 g/mol. The number of rotatable bonds is 3. The van der Waals surface area contributed by atoms with Crippen LogP contribution in [0.3, 0.4) is 0 Å². The summed E-state index contributed by atoms with van der Waals surface area (Å²) in [6, 6.07) is 17.7. The van der Waals surface area contributed by atoms with Crippen molar-refractivity contribution in [1.82, 2.24) is 9.99 Å². The fourth-order valence-electron chi connectivity index (χ4n) is 3.83. The number of hydrogen-bond donors (Lipinski definition) is 0. The number of aromatic nitrogens is 1. The Bertz CT molecular complexity index is 1050. The topological polar surface area (TPSA) is 47.0 Å². The Labute approximate surface area is 168 Å². The molecule has 140 valence electrons. The van der Waals surface area contributed by atoms with Crippen molar-refractivity contribution in [2.45, 2.75) is 18.7 Å². The fourth-order valence-corrected chi connectivity index (χ4v) is 4.06. The van der Waals surface area contributed by atoms with Gasteiger partial charge in [0.15, 0.2) is 11.5 Å². The SMILES string of the molecule is COc1cccc2c1O[C@@H](c1ccccc1Cl)N1N=C(c3cccnc3)C[C@H]21. The Morgan fingerprint density at radius 1 is 1.07 bits per heavy atom. The van der Waals surface area contributed by atoms with Gasteiger partial charge >= 0.3 is 0 Å². The van der Waals surface area contributed by atoms with E-state index in [0.29, 0.717) is 10.8 Å². The molecule has 0 bridgehead atoms. The van der Waals surface area contributed by atoms with Crippen molar-refractivity contribution in [2.24, 2.45) is 5.10 Å². The third-order valence-corrected chi connectivity index (χ3v) is 5.51. The molecule has 2 atom stereocenters. The summed E-state index contributed by atoms with van der Waals surface area (Å²) in [7, 11) is 1.65. The summed E-state index contributed by atoms with van der Waals surface area (Å²) in [5.74, 6) is 1.46. The molecule has 0 N–H and O–H groups in total. The zero-order valence-electron chi connectivity index (χ0n) is 15.2. The zero-order chi connectivity index (χ0) is 19.1. The van der Waals surface area contributed by atoms with Crippen molar-refractivity contribution in [3.8, 4) is 11.5 Å². The molecule has 0 unspecified atom stereocenters. The van der Waals surface area contributed by atoms with E-state index in [2.05, 4.69) is 11.1 Å². The summed E-state index contributed by atoms with van der Waals surface area (Å²) in [5.41, 5.74) is 3.93. The van der Waals surface area contributed by atoms with Gasteiger partial charge in [-0.05, 0) is 18.2 Å². The number of hydrazone groups is 1. The van der Waals surface area contributed by atoms with Gasteiger partial charge < -0.3 is 9.47 Å². The minimum atomic E-state index is -0.434. The first kappa shape index (κ1) is 17.1. The first-order valence-electron chi connectivity index (χ1n) is 9.10. The van der Waals surface area contributed by atoms with Crippen molar-refractivity contribution in [3.63, 3.8) is 0 Å². The lowest BCUT2D eigenvalue weighted by Crippen LogP contribution is -2.34. The van der Waals surface area contributed by atoms with E-state index in [1.807, 2.05) is 59.7 Å². The number of halogens is 1. The van der Waals surface area contributed by atoms with Gasteiger partial charge in [0.1, 0.15) is 0 Å². The maximum absolute atomic E-state index is 6.51. The summed E-state index contributed by atoms with van der Waals surface area (Å²) < 4.78 is 12.0. The molecule has 2 aliphatic rings. The summed E-state index contributed by atoms with van der Waals surface area (Å²) in [6.45, 7) is 0. The van der Waals surface area contributed by atoms with Gasteiger partial charge in [-0.25, -0.2) is 5.01 Å². The fraction of sp³-hybridized carbons (Fsp3) is 0.182. The molecular formula is C22H18ClN3O2. The minimum absolute atomic E-state index is 0.0373. The van der Waals surface area contributed by atoms with Gasteiger partial charge in [-0.1, -0.05) is 48.0 Å². The van der Waals surface area contributed by atoms with Crippen LogP contribution in [0.1, 0.15) is 35.4 Å². The first-order valence-corrected chi connectivity index (χ1v) is 9.48. The maximum atomic E-state index is 6.51. The van der Waals surface area contributed by atoms with Crippen LogP contribution in [0.2, 0.25) is 5.02 Å². The van der Waals surface area contributed by atoms with Crippen molar-refractivity contribution < 1.29 is 9.47 Å². The third kappa shape index (κ3) is 2.70. The molecule has 0 aliphatic carbocycles. The molecule has 2 aliphatic heterocycles. The molecule has 0 radical (unpaired) electrons. The molecule has 3 heterocycles. The Morgan fingerprint density at radius 2 is 1.93 bits per heavy atom. The third-order valence-electron chi connectivity index (χ3n) is 5.17. The predicted molar refractivity (Wildman–Crippen MR) is 108 cm³/mol. The summed E-state index contributed by atoms with van der Waals surface area (Å²) in [5, 5.41) is 7.57. The Kier molecular flexibility index (Phi) is 4.17. The van der Waals surface area contributed by atoms with E-state index in [9.17, 15) is 0 Å². The molecule has 3 aromatic rings. The van der Waals surface area contributed by atoms with Crippen LogP contribution in [0, 0.1) is 0 Å². The van der Waals surface area contributed by atoms with E-state index >= 15 is 0 Å². The van der Waals surface area contributed by atoms with Crippen molar-refractivity contribution in [1.29, 1.82) is 0 Å². The Hall–Kier alpha value is -3.05. The minimum Gasteiger partial charge on any atom is -0.493 e. The highest BCUT2D eigenvalue weighted by atomic mass is 35.5. The van der Waals surface area contributed by atoms with Crippen LogP contribution < -0.4 is 9.47 Å². The smallest absolute Gasteiger partial charge is 0.215 e. The predicted octanol–water partition coefficient (Wildman–Crippen LogP) is 4.99. The second-order valence-electron chi connectivity index (χ2n) is 6.76. The monoisotopic (exact) mass is 391 g/mol. The van der Waals surface area contributed by atoms with Gasteiger partial charge in [0.05, 0.1) is 18.9 Å². The number of fused-ring (bicyclic) bond motifs is 3. The van der Waals surface area contributed by atoms with Crippen molar-refractivity contribution in [3.05, 3.63) is 88.7 Å². The summed E-state index contributed by atoms with van der Waals surface area (Å²) in [4.78, 5) is 4.24. The largest absolute Gasteiger partial charge is 0.493 e. The quantitative estimate of drug-likeness (QED) is 0.631. The standard InChI is InChI=1S/C22H18ClN3O2/c1-27-20-10-4-8-16-19-12-18(14-6-5-11-24-13-14)25-26(19)22(28-21(16)20)15-7-2-3-9-17(15)23/h2-11,13,19,22H,12H2,1H3/t19-,22+/m1/s1. The van der Waals surface area contributed by atoms with Gasteiger partial charge in [-0.3, -0.25) is 4.98 Å². The highest BCUT2D eigenvalue weighted by molar-refractivity contribution is 6.31. The van der Waals surface area contributed by atoms with E-state index in [-0.39, 0.29) is 6.04 Å². The number of methoxy groups -OCH3 is 1. The number of ether oxygens (including phenoxy) is 2. The molecule has 0 saturated carbocycles. The van der Waals surface area contributed by atoms with Crippen LogP contribution in [-0.4, -0.2) is 22.8 Å². The summed E-state index contributed by atoms with van der Waals surface area (Å²) in [6.07, 6.45) is 3.93. The second kappa shape index (κ2) is 6.84. The molecule has 1 aromatic heterocycles. The average Bonchev–Trinajstić information content (AvgIpc) is 3.20. The zero-order valence-corrected chi connectivity index (χ0v) is 16.0.